The SMILES string of the molecule is C[C@H]1CC[C@H](C)N1c1ccc(-c2nc3c(Cl)cccc3n2CCN2CCNC(=O)C2)cn1. The number of carbonyl (C=O) groups excluding carboxylic acids is 1. The van der Waals surface area contributed by atoms with E-state index in [4.69, 9.17) is 21.6 Å². The summed E-state index contributed by atoms with van der Waals surface area (Å²) in [6.45, 7) is 8.01. The van der Waals surface area contributed by atoms with E-state index in [1.807, 2.05) is 18.3 Å². The first kappa shape index (κ1) is 21.2. The van der Waals surface area contributed by atoms with Gasteiger partial charge in [-0.2, -0.15) is 0 Å². The van der Waals surface area contributed by atoms with E-state index >= 15 is 0 Å². The van der Waals surface area contributed by atoms with E-state index in [9.17, 15) is 4.79 Å². The van der Waals surface area contributed by atoms with E-state index in [2.05, 4.69) is 51.7 Å². The van der Waals surface area contributed by atoms with Crippen LogP contribution in [0.25, 0.3) is 22.4 Å². The monoisotopic (exact) mass is 452 g/mol. The van der Waals surface area contributed by atoms with Gasteiger partial charge in [0.05, 0.1) is 17.1 Å². The highest BCUT2D eigenvalue weighted by Gasteiger charge is 2.28. The van der Waals surface area contributed by atoms with Crippen LogP contribution in [0.3, 0.4) is 0 Å². The van der Waals surface area contributed by atoms with E-state index in [0.717, 1.165) is 47.9 Å². The molecular weight excluding hydrogens is 424 g/mol. The molecule has 0 bridgehead atoms. The first-order chi connectivity index (χ1) is 15.5. The van der Waals surface area contributed by atoms with Gasteiger partial charge in [0.1, 0.15) is 17.2 Å². The Balaban J connectivity index is 1.47. The number of imidazole rings is 1. The Hall–Kier alpha value is -2.64. The molecule has 32 heavy (non-hydrogen) atoms. The van der Waals surface area contributed by atoms with Crippen molar-refractivity contribution >= 4 is 34.4 Å². The highest BCUT2D eigenvalue weighted by atomic mass is 35.5. The quantitative estimate of drug-likeness (QED) is 0.641. The number of carbonyl (C=O) groups is 1. The number of rotatable bonds is 5. The number of halogens is 1. The number of benzene rings is 1. The highest BCUT2D eigenvalue weighted by molar-refractivity contribution is 6.35. The number of aromatic nitrogens is 3. The van der Waals surface area contributed by atoms with Gasteiger partial charge in [0.2, 0.25) is 5.91 Å². The summed E-state index contributed by atoms with van der Waals surface area (Å²) in [7, 11) is 0. The van der Waals surface area contributed by atoms with Gasteiger partial charge in [0, 0.05) is 50.0 Å². The number of amides is 1. The van der Waals surface area contributed by atoms with Crippen molar-refractivity contribution in [3.63, 3.8) is 0 Å². The molecule has 2 atom stereocenters. The summed E-state index contributed by atoms with van der Waals surface area (Å²) in [5.41, 5.74) is 2.77. The smallest absolute Gasteiger partial charge is 0.234 e. The van der Waals surface area contributed by atoms with Gasteiger partial charge in [-0.3, -0.25) is 9.69 Å². The number of pyridine rings is 1. The predicted molar refractivity (Wildman–Crippen MR) is 128 cm³/mol. The summed E-state index contributed by atoms with van der Waals surface area (Å²) in [6, 6.07) is 11.1. The molecule has 2 aliphatic rings. The highest BCUT2D eigenvalue weighted by Crippen LogP contribution is 2.32. The lowest BCUT2D eigenvalue weighted by Crippen LogP contribution is -2.48. The Morgan fingerprint density at radius 2 is 1.94 bits per heavy atom. The third kappa shape index (κ3) is 3.95. The van der Waals surface area contributed by atoms with Gasteiger partial charge in [0.15, 0.2) is 0 Å². The zero-order chi connectivity index (χ0) is 22.2. The van der Waals surface area contributed by atoms with Crippen LogP contribution in [0.2, 0.25) is 5.02 Å². The van der Waals surface area contributed by atoms with Crippen LogP contribution in [0.15, 0.2) is 36.5 Å². The molecule has 4 heterocycles. The molecule has 0 aliphatic carbocycles. The van der Waals surface area contributed by atoms with Crippen molar-refractivity contribution < 1.29 is 4.79 Å². The van der Waals surface area contributed by atoms with Crippen LogP contribution in [0, 0.1) is 0 Å². The Labute approximate surface area is 193 Å². The first-order valence-corrected chi connectivity index (χ1v) is 11.8. The van der Waals surface area contributed by atoms with Crippen molar-refractivity contribution in [3.05, 3.63) is 41.6 Å². The molecule has 0 saturated carbocycles. The maximum Gasteiger partial charge on any atom is 0.234 e. The molecule has 0 spiro atoms. The topological polar surface area (TPSA) is 66.3 Å². The maximum absolute atomic E-state index is 11.8. The van der Waals surface area contributed by atoms with E-state index in [-0.39, 0.29) is 5.91 Å². The van der Waals surface area contributed by atoms with Gasteiger partial charge >= 0.3 is 0 Å². The van der Waals surface area contributed by atoms with Crippen LogP contribution >= 0.6 is 11.6 Å². The van der Waals surface area contributed by atoms with Crippen LogP contribution in [0.1, 0.15) is 26.7 Å². The minimum Gasteiger partial charge on any atom is -0.354 e. The Morgan fingerprint density at radius 1 is 1.12 bits per heavy atom. The second-order valence-corrected chi connectivity index (χ2v) is 9.32. The zero-order valence-corrected chi connectivity index (χ0v) is 19.3. The van der Waals surface area contributed by atoms with Crippen molar-refractivity contribution in [1.82, 2.24) is 24.8 Å². The summed E-state index contributed by atoms with van der Waals surface area (Å²) < 4.78 is 2.20. The molecule has 2 aromatic heterocycles. The number of fused-ring (bicyclic) bond motifs is 1. The predicted octanol–water partition coefficient (Wildman–Crippen LogP) is 3.56. The Kier molecular flexibility index (Phi) is 5.78. The molecule has 2 aliphatic heterocycles. The third-order valence-corrected chi connectivity index (χ3v) is 7.01. The van der Waals surface area contributed by atoms with Gasteiger partial charge in [-0.15, -0.1) is 0 Å². The molecule has 0 unspecified atom stereocenters. The average molecular weight is 453 g/mol. The molecule has 8 heteroatoms. The fourth-order valence-electron chi connectivity index (χ4n) is 5.00. The minimum atomic E-state index is 0.0835. The third-order valence-electron chi connectivity index (χ3n) is 6.71. The average Bonchev–Trinajstić information content (AvgIpc) is 3.33. The van der Waals surface area contributed by atoms with Gasteiger partial charge in [-0.05, 0) is 51.0 Å². The molecule has 1 amide bonds. The number of nitrogens with one attached hydrogen (secondary N) is 1. The number of para-hydroxylation sites is 1. The largest absolute Gasteiger partial charge is 0.354 e. The molecule has 1 aromatic carbocycles. The van der Waals surface area contributed by atoms with Gasteiger partial charge in [0.25, 0.3) is 0 Å². The van der Waals surface area contributed by atoms with Crippen LogP contribution in [-0.2, 0) is 11.3 Å². The molecule has 7 nitrogen and oxygen atoms in total. The van der Waals surface area contributed by atoms with Crippen molar-refractivity contribution in [2.45, 2.75) is 45.3 Å². The van der Waals surface area contributed by atoms with Gasteiger partial charge in [-0.1, -0.05) is 17.7 Å². The molecular formula is C24H29ClN6O. The van der Waals surface area contributed by atoms with Crippen LogP contribution < -0.4 is 10.2 Å². The fraction of sp³-hybridized carbons (Fsp3) is 0.458. The Bertz CT molecular complexity index is 1120. The molecule has 0 radical (unpaired) electrons. The molecule has 3 aromatic rings. The second kappa shape index (κ2) is 8.71. The number of anilines is 1. The van der Waals surface area contributed by atoms with E-state index < -0.39 is 0 Å². The zero-order valence-electron chi connectivity index (χ0n) is 18.6. The van der Waals surface area contributed by atoms with Crippen LogP contribution in [0.5, 0.6) is 0 Å². The standard InChI is InChI=1S/C24H29ClN6O/c1-16-6-7-17(2)31(16)21-9-8-18(14-27-21)24-28-23-19(25)4-3-5-20(23)30(24)13-12-29-11-10-26-22(32)15-29/h3-5,8-9,14,16-17H,6-7,10-13,15H2,1-2H3,(H,26,32)/t16-,17-/m0/s1. The van der Waals surface area contributed by atoms with Crippen LogP contribution in [-0.4, -0.2) is 63.6 Å². The van der Waals surface area contributed by atoms with Gasteiger partial charge in [-0.25, -0.2) is 9.97 Å². The summed E-state index contributed by atoms with van der Waals surface area (Å²) in [6.07, 6.45) is 4.33. The maximum atomic E-state index is 11.8. The summed E-state index contributed by atoms with van der Waals surface area (Å²) in [5, 5.41) is 3.53. The minimum absolute atomic E-state index is 0.0835. The van der Waals surface area contributed by atoms with Gasteiger partial charge < -0.3 is 14.8 Å². The number of nitrogens with zero attached hydrogens (tertiary/aromatic N) is 5. The molecule has 1 N–H and O–H groups in total. The number of hydrogen-bond acceptors (Lipinski definition) is 5. The second-order valence-electron chi connectivity index (χ2n) is 8.91. The van der Waals surface area contributed by atoms with E-state index in [0.29, 0.717) is 30.2 Å². The van der Waals surface area contributed by atoms with Crippen molar-refractivity contribution in [2.24, 2.45) is 0 Å². The van der Waals surface area contributed by atoms with Crippen LogP contribution in [0.4, 0.5) is 5.82 Å². The summed E-state index contributed by atoms with van der Waals surface area (Å²) >= 11 is 6.48. The number of hydrogen-bond donors (Lipinski definition) is 1. The lowest BCUT2D eigenvalue weighted by Gasteiger charge is -2.27. The lowest BCUT2D eigenvalue weighted by atomic mass is 10.2. The summed E-state index contributed by atoms with van der Waals surface area (Å²) in [5.74, 6) is 1.96. The Morgan fingerprint density at radius 3 is 2.66 bits per heavy atom. The van der Waals surface area contributed by atoms with Crippen molar-refractivity contribution in [3.8, 4) is 11.4 Å². The fourth-order valence-corrected chi connectivity index (χ4v) is 5.21. The van der Waals surface area contributed by atoms with E-state index in [1.54, 1.807) is 0 Å². The number of piperazine rings is 1. The van der Waals surface area contributed by atoms with Crippen molar-refractivity contribution in [2.75, 3.05) is 31.1 Å². The first-order valence-electron chi connectivity index (χ1n) is 11.4. The normalized spacial score (nSPS) is 22.0. The summed E-state index contributed by atoms with van der Waals surface area (Å²) in [4.78, 5) is 26.1. The molecule has 2 saturated heterocycles. The molecule has 2 fully saturated rings. The van der Waals surface area contributed by atoms with E-state index in [1.165, 1.54) is 12.8 Å². The molecule has 5 rings (SSSR count). The molecule has 168 valence electrons. The van der Waals surface area contributed by atoms with Crippen molar-refractivity contribution in [1.29, 1.82) is 0 Å². The lowest BCUT2D eigenvalue weighted by molar-refractivity contribution is -0.124.